The highest BCUT2D eigenvalue weighted by Crippen LogP contribution is 2.25. The molecule has 4 rings (SSSR count). The average molecular weight is 356 g/mol. The minimum atomic E-state index is -0.333. The van der Waals surface area contributed by atoms with Gasteiger partial charge >= 0.3 is 0 Å². The lowest BCUT2D eigenvalue weighted by Gasteiger charge is -2.01. The van der Waals surface area contributed by atoms with Crippen molar-refractivity contribution in [2.75, 3.05) is 0 Å². The maximum Gasteiger partial charge on any atom is 0.262 e. The topological polar surface area (TPSA) is 73.8 Å². The van der Waals surface area contributed by atoms with Gasteiger partial charge in [0.1, 0.15) is 17.2 Å². The fraction of sp³-hybridized carbons (Fsp3) is 0.176. The number of benzene rings is 1. The van der Waals surface area contributed by atoms with Crippen LogP contribution in [0.4, 0.5) is 4.39 Å². The molecule has 8 heteroatoms. The molecule has 0 saturated carbocycles. The third-order valence-electron chi connectivity index (χ3n) is 4.03. The van der Waals surface area contributed by atoms with Gasteiger partial charge in [0.15, 0.2) is 0 Å². The van der Waals surface area contributed by atoms with E-state index in [9.17, 15) is 9.18 Å². The van der Waals surface area contributed by atoms with Crippen molar-refractivity contribution in [3.8, 4) is 11.4 Å². The van der Waals surface area contributed by atoms with E-state index < -0.39 is 0 Å². The molecule has 126 valence electrons. The smallest absolute Gasteiger partial charge is 0.262 e. The van der Waals surface area contributed by atoms with Crippen molar-refractivity contribution >= 4 is 21.6 Å². The first-order valence-corrected chi connectivity index (χ1v) is 8.38. The van der Waals surface area contributed by atoms with Crippen molar-refractivity contribution in [3.05, 3.63) is 63.1 Å². The first kappa shape index (κ1) is 15.6. The van der Waals surface area contributed by atoms with Crippen LogP contribution < -0.4 is 5.56 Å². The molecule has 1 aromatic carbocycles. The highest BCUT2D eigenvalue weighted by atomic mass is 32.1. The summed E-state index contributed by atoms with van der Waals surface area (Å²) in [5.41, 5.74) is 1.46. The number of rotatable bonds is 3. The zero-order valence-corrected chi connectivity index (χ0v) is 14.3. The molecule has 3 heterocycles. The van der Waals surface area contributed by atoms with Crippen LogP contribution >= 0.6 is 11.3 Å². The first-order chi connectivity index (χ1) is 12.0. The standard InChI is InChI=1S/C17H13FN4O2S/c1-9-10(2)25-16-14(9)17(23)22(8-19-16)7-13-20-15(21-24-13)11-3-5-12(18)6-4-11/h3-6,8H,7H2,1-2H3. The van der Waals surface area contributed by atoms with Gasteiger partial charge in [-0.05, 0) is 43.7 Å². The molecule has 0 atom stereocenters. The van der Waals surface area contributed by atoms with Crippen molar-refractivity contribution < 1.29 is 8.91 Å². The zero-order valence-electron chi connectivity index (χ0n) is 13.5. The number of aryl methyl sites for hydroxylation is 2. The Morgan fingerprint density at radius 3 is 2.76 bits per heavy atom. The summed E-state index contributed by atoms with van der Waals surface area (Å²) in [4.78, 5) is 23.1. The fourth-order valence-corrected chi connectivity index (χ4v) is 3.55. The van der Waals surface area contributed by atoms with Crippen LogP contribution in [-0.2, 0) is 6.54 Å². The lowest BCUT2D eigenvalue weighted by molar-refractivity contribution is 0.369. The number of halogens is 1. The van der Waals surface area contributed by atoms with Gasteiger partial charge in [0.2, 0.25) is 11.7 Å². The number of hydrogen-bond donors (Lipinski definition) is 0. The van der Waals surface area contributed by atoms with Crippen LogP contribution in [0, 0.1) is 19.7 Å². The van der Waals surface area contributed by atoms with Gasteiger partial charge in [0, 0.05) is 10.4 Å². The van der Waals surface area contributed by atoms with Crippen LogP contribution in [-0.4, -0.2) is 19.7 Å². The molecule has 0 unspecified atom stereocenters. The minimum absolute atomic E-state index is 0.129. The average Bonchev–Trinajstić information content (AvgIpc) is 3.17. The van der Waals surface area contributed by atoms with E-state index >= 15 is 0 Å². The summed E-state index contributed by atoms with van der Waals surface area (Å²) in [6.45, 7) is 4.02. The largest absolute Gasteiger partial charge is 0.337 e. The highest BCUT2D eigenvalue weighted by molar-refractivity contribution is 7.18. The SMILES string of the molecule is Cc1sc2ncn(Cc3nc(-c4ccc(F)cc4)no3)c(=O)c2c1C. The molecule has 0 amide bonds. The van der Waals surface area contributed by atoms with Crippen LogP contribution in [0.3, 0.4) is 0 Å². The molecule has 6 nitrogen and oxygen atoms in total. The third-order valence-corrected chi connectivity index (χ3v) is 5.15. The second-order valence-corrected chi connectivity index (χ2v) is 6.86. The molecular weight excluding hydrogens is 343 g/mol. The van der Waals surface area contributed by atoms with Gasteiger partial charge in [-0.2, -0.15) is 4.98 Å². The van der Waals surface area contributed by atoms with Gasteiger partial charge in [-0.25, -0.2) is 9.37 Å². The van der Waals surface area contributed by atoms with Gasteiger partial charge < -0.3 is 4.52 Å². The predicted octanol–water partition coefficient (Wildman–Crippen LogP) is 3.31. The third kappa shape index (κ3) is 2.74. The van der Waals surface area contributed by atoms with Crippen molar-refractivity contribution in [2.45, 2.75) is 20.4 Å². The number of hydrogen-bond acceptors (Lipinski definition) is 6. The van der Waals surface area contributed by atoms with Gasteiger partial charge in [-0.15, -0.1) is 11.3 Å². The molecule has 0 spiro atoms. The quantitative estimate of drug-likeness (QED) is 0.563. The monoisotopic (exact) mass is 356 g/mol. The number of nitrogens with zero attached hydrogens (tertiary/aromatic N) is 4. The Bertz CT molecular complexity index is 1130. The molecular formula is C17H13FN4O2S. The van der Waals surface area contributed by atoms with E-state index in [2.05, 4.69) is 15.1 Å². The molecule has 0 radical (unpaired) electrons. The first-order valence-electron chi connectivity index (χ1n) is 7.56. The van der Waals surface area contributed by atoms with Crippen LogP contribution in [0.5, 0.6) is 0 Å². The summed E-state index contributed by atoms with van der Waals surface area (Å²) in [6, 6.07) is 5.80. The van der Waals surface area contributed by atoms with Crippen LogP contribution in [0.1, 0.15) is 16.3 Å². The number of thiophene rings is 1. The second kappa shape index (κ2) is 5.89. The van der Waals surface area contributed by atoms with E-state index in [0.717, 1.165) is 15.3 Å². The van der Waals surface area contributed by atoms with Crippen molar-refractivity contribution in [1.82, 2.24) is 19.7 Å². The Morgan fingerprint density at radius 2 is 2.00 bits per heavy atom. The van der Waals surface area contributed by atoms with Crippen molar-refractivity contribution in [1.29, 1.82) is 0 Å². The molecule has 25 heavy (non-hydrogen) atoms. The Labute approximate surface area is 145 Å². The van der Waals surface area contributed by atoms with Crippen molar-refractivity contribution in [3.63, 3.8) is 0 Å². The number of fused-ring (bicyclic) bond motifs is 1. The molecule has 0 bridgehead atoms. The van der Waals surface area contributed by atoms with Gasteiger partial charge in [-0.3, -0.25) is 9.36 Å². The Morgan fingerprint density at radius 1 is 1.24 bits per heavy atom. The number of aromatic nitrogens is 4. The van der Waals surface area contributed by atoms with Crippen molar-refractivity contribution in [2.24, 2.45) is 0 Å². The fourth-order valence-electron chi connectivity index (χ4n) is 2.56. The Balaban J connectivity index is 1.68. The molecule has 4 aromatic rings. The molecule has 0 N–H and O–H groups in total. The van der Waals surface area contributed by atoms with E-state index in [1.54, 1.807) is 12.1 Å². The normalized spacial score (nSPS) is 11.3. The summed E-state index contributed by atoms with van der Waals surface area (Å²) >= 11 is 1.50. The summed E-state index contributed by atoms with van der Waals surface area (Å²) in [5, 5.41) is 4.51. The lowest BCUT2D eigenvalue weighted by atomic mass is 10.2. The summed E-state index contributed by atoms with van der Waals surface area (Å²) < 4.78 is 19.7. The second-order valence-electron chi connectivity index (χ2n) is 5.66. The molecule has 0 aliphatic rings. The highest BCUT2D eigenvalue weighted by Gasteiger charge is 2.14. The van der Waals surface area contributed by atoms with E-state index in [-0.39, 0.29) is 23.8 Å². The molecule has 0 saturated heterocycles. The summed E-state index contributed by atoms with van der Waals surface area (Å²) in [5.74, 6) is 0.298. The molecule has 3 aromatic heterocycles. The predicted molar refractivity (Wildman–Crippen MR) is 92.1 cm³/mol. The van der Waals surface area contributed by atoms with E-state index in [4.69, 9.17) is 4.52 Å². The summed E-state index contributed by atoms with van der Waals surface area (Å²) in [6.07, 6.45) is 1.49. The van der Waals surface area contributed by atoms with E-state index in [1.165, 1.54) is 34.4 Å². The van der Waals surface area contributed by atoms with E-state index in [0.29, 0.717) is 16.8 Å². The zero-order chi connectivity index (χ0) is 17.6. The van der Waals surface area contributed by atoms with Crippen LogP contribution in [0.2, 0.25) is 0 Å². The van der Waals surface area contributed by atoms with Crippen LogP contribution in [0.15, 0.2) is 39.9 Å². The van der Waals surface area contributed by atoms with Gasteiger partial charge in [-0.1, -0.05) is 5.16 Å². The molecule has 0 aliphatic heterocycles. The minimum Gasteiger partial charge on any atom is -0.337 e. The molecule has 0 aliphatic carbocycles. The Kier molecular flexibility index (Phi) is 3.69. The van der Waals surface area contributed by atoms with Gasteiger partial charge in [0.05, 0.1) is 11.7 Å². The lowest BCUT2D eigenvalue weighted by Crippen LogP contribution is -2.21. The Hall–Kier alpha value is -2.87. The maximum absolute atomic E-state index is 13.0. The van der Waals surface area contributed by atoms with Crippen LogP contribution in [0.25, 0.3) is 21.6 Å². The molecule has 0 fully saturated rings. The van der Waals surface area contributed by atoms with Gasteiger partial charge in [0.25, 0.3) is 5.56 Å². The maximum atomic E-state index is 13.0. The summed E-state index contributed by atoms with van der Waals surface area (Å²) in [7, 11) is 0. The van der Waals surface area contributed by atoms with E-state index in [1.807, 2.05) is 13.8 Å².